The van der Waals surface area contributed by atoms with Gasteiger partial charge in [-0.1, -0.05) is 22.9 Å². The molecule has 2 N–H and O–H groups in total. The van der Waals surface area contributed by atoms with Crippen LogP contribution in [0.5, 0.6) is 0 Å². The smallest absolute Gasteiger partial charge is 0.225 e. The Labute approximate surface area is 126 Å². The highest BCUT2D eigenvalue weighted by Crippen LogP contribution is 2.19. The molecule has 0 fully saturated rings. The predicted octanol–water partition coefficient (Wildman–Crippen LogP) is 4.33. The van der Waals surface area contributed by atoms with Crippen molar-refractivity contribution in [1.29, 1.82) is 0 Å². The molecule has 0 aliphatic rings. The summed E-state index contributed by atoms with van der Waals surface area (Å²) >= 11 is 3.40. The fourth-order valence-electron chi connectivity index (χ4n) is 1.67. The fraction of sp³-hybridized carbons (Fsp3) is 0.200. The van der Waals surface area contributed by atoms with Gasteiger partial charge >= 0.3 is 0 Å². The Balaban J connectivity index is 1.97. The zero-order valence-electron chi connectivity index (χ0n) is 11.2. The summed E-state index contributed by atoms with van der Waals surface area (Å²) in [6, 6.07) is 11.6. The second kappa shape index (κ2) is 7.05. The molecular weight excluding hydrogens is 318 g/mol. The summed E-state index contributed by atoms with van der Waals surface area (Å²) in [5.41, 5.74) is 1.86. The average molecular weight is 334 g/mol. The van der Waals surface area contributed by atoms with Gasteiger partial charge < -0.3 is 10.6 Å². The number of hydrogen-bond donors (Lipinski definition) is 2. The second-order valence-corrected chi connectivity index (χ2v) is 5.28. The molecule has 1 aromatic carbocycles. The summed E-state index contributed by atoms with van der Waals surface area (Å²) in [7, 11) is 0. The third-order valence-electron chi connectivity index (χ3n) is 2.64. The van der Waals surface area contributed by atoms with Crippen LogP contribution in [0.3, 0.4) is 0 Å². The molecule has 0 bridgehead atoms. The molecule has 4 nitrogen and oxygen atoms in total. The van der Waals surface area contributed by atoms with E-state index in [1.807, 2.05) is 37.3 Å². The van der Waals surface area contributed by atoms with Gasteiger partial charge in [0, 0.05) is 16.6 Å². The number of rotatable bonds is 5. The molecule has 0 unspecified atom stereocenters. The van der Waals surface area contributed by atoms with E-state index in [2.05, 4.69) is 31.5 Å². The third-order valence-corrected chi connectivity index (χ3v) is 3.17. The summed E-state index contributed by atoms with van der Waals surface area (Å²) in [6.45, 7) is 1.97. The summed E-state index contributed by atoms with van der Waals surface area (Å²) in [4.78, 5) is 15.7. The molecule has 20 heavy (non-hydrogen) atoms. The lowest BCUT2D eigenvalue weighted by atomic mass is 10.3. The number of aromatic nitrogens is 1. The van der Waals surface area contributed by atoms with E-state index in [1.165, 1.54) is 0 Å². The molecule has 0 saturated heterocycles. The largest absolute Gasteiger partial charge is 0.354 e. The van der Waals surface area contributed by atoms with Gasteiger partial charge in [0.2, 0.25) is 5.91 Å². The Morgan fingerprint density at radius 2 is 1.85 bits per heavy atom. The Morgan fingerprint density at radius 3 is 2.45 bits per heavy atom. The van der Waals surface area contributed by atoms with Crippen LogP contribution in [0.25, 0.3) is 0 Å². The Kier molecular flexibility index (Phi) is 5.12. The SMILES string of the molecule is CCCC(=O)Nc1ccc(Nc2ccc(Br)cc2)cn1. The summed E-state index contributed by atoms with van der Waals surface area (Å²) in [6.07, 6.45) is 3.04. The first-order valence-corrected chi connectivity index (χ1v) is 7.25. The van der Waals surface area contributed by atoms with Crippen molar-refractivity contribution in [3.8, 4) is 0 Å². The standard InChI is InChI=1S/C15H16BrN3O/c1-2-3-15(20)19-14-9-8-13(10-17-14)18-12-6-4-11(16)5-7-12/h4-10,18H,2-3H2,1H3,(H,17,19,20). The van der Waals surface area contributed by atoms with E-state index in [1.54, 1.807) is 12.3 Å². The molecule has 104 valence electrons. The summed E-state index contributed by atoms with van der Waals surface area (Å²) < 4.78 is 1.04. The van der Waals surface area contributed by atoms with Crippen LogP contribution < -0.4 is 10.6 Å². The van der Waals surface area contributed by atoms with Crippen LogP contribution in [0.4, 0.5) is 17.2 Å². The molecular formula is C15H16BrN3O. The first kappa shape index (κ1) is 14.5. The van der Waals surface area contributed by atoms with Gasteiger partial charge in [0.05, 0.1) is 11.9 Å². The number of anilines is 3. The van der Waals surface area contributed by atoms with E-state index in [0.717, 1.165) is 22.3 Å². The molecule has 0 aliphatic heterocycles. The minimum Gasteiger partial charge on any atom is -0.354 e. The molecule has 2 rings (SSSR count). The van der Waals surface area contributed by atoms with Crippen LogP contribution in [0.15, 0.2) is 47.1 Å². The quantitative estimate of drug-likeness (QED) is 0.856. The van der Waals surface area contributed by atoms with Gasteiger partial charge in [-0.2, -0.15) is 0 Å². The van der Waals surface area contributed by atoms with Gasteiger partial charge in [0.1, 0.15) is 5.82 Å². The Bertz CT molecular complexity index is 567. The van der Waals surface area contributed by atoms with Crippen LogP contribution >= 0.6 is 15.9 Å². The number of halogens is 1. The van der Waals surface area contributed by atoms with E-state index in [4.69, 9.17) is 0 Å². The molecule has 0 radical (unpaired) electrons. The number of carbonyl (C=O) groups excluding carboxylic acids is 1. The van der Waals surface area contributed by atoms with Crippen molar-refractivity contribution in [1.82, 2.24) is 4.98 Å². The topological polar surface area (TPSA) is 54.0 Å². The van der Waals surface area contributed by atoms with E-state index in [0.29, 0.717) is 12.2 Å². The van der Waals surface area contributed by atoms with E-state index in [-0.39, 0.29) is 5.91 Å². The molecule has 2 aromatic rings. The van der Waals surface area contributed by atoms with Gasteiger partial charge in [-0.25, -0.2) is 4.98 Å². The first-order valence-electron chi connectivity index (χ1n) is 6.46. The lowest BCUT2D eigenvalue weighted by Gasteiger charge is -2.08. The van der Waals surface area contributed by atoms with E-state index in [9.17, 15) is 4.79 Å². The number of benzene rings is 1. The number of hydrogen-bond acceptors (Lipinski definition) is 3. The van der Waals surface area contributed by atoms with Gasteiger partial charge in [0.25, 0.3) is 0 Å². The fourth-order valence-corrected chi connectivity index (χ4v) is 1.94. The lowest BCUT2D eigenvalue weighted by Crippen LogP contribution is -2.11. The summed E-state index contributed by atoms with van der Waals surface area (Å²) in [5, 5.41) is 6.00. The van der Waals surface area contributed by atoms with Crippen LogP contribution in [0.1, 0.15) is 19.8 Å². The van der Waals surface area contributed by atoms with Crippen LogP contribution in [0.2, 0.25) is 0 Å². The number of nitrogens with zero attached hydrogens (tertiary/aromatic N) is 1. The van der Waals surface area contributed by atoms with Gasteiger partial charge in [-0.05, 0) is 42.8 Å². The van der Waals surface area contributed by atoms with Crippen molar-refractivity contribution < 1.29 is 4.79 Å². The van der Waals surface area contributed by atoms with Crippen molar-refractivity contribution >= 4 is 39.0 Å². The lowest BCUT2D eigenvalue weighted by molar-refractivity contribution is -0.116. The van der Waals surface area contributed by atoms with Crippen molar-refractivity contribution in [2.75, 3.05) is 10.6 Å². The number of nitrogens with one attached hydrogen (secondary N) is 2. The molecule has 0 aliphatic carbocycles. The van der Waals surface area contributed by atoms with Crippen molar-refractivity contribution in [2.45, 2.75) is 19.8 Å². The third kappa shape index (κ3) is 4.35. The monoisotopic (exact) mass is 333 g/mol. The van der Waals surface area contributed by atoms with Crippen LogP contribution in [0, 0.1) is 0 Å². The zero-order chi connectivity index (χ0) is 14.4. The normalized spacial score (nSPS) is 10.1. The van der Waals surface area contributed by atoms with E-state index >= 15 is 0 Å². The maximum atomic E-state index is 11.4. The molecule has 1 amide bonds. The molecule has 0 spiro atoms. The number of pyridine rings is 1. The molecule has 1 aromatic heterocycles. The van der Waals surface area contributed by atoms with Crippen molar-refractivity contribution in [2.24, 2.45) is 0 Å². The first-order chi connectivity index (χ1) is 9.67. The summed E-state index contributed by atoms with van der Waals surface area (Å²) in [5.74, 6) is 0.568. The van der Waals surface area contributed by atoms with Crippen molar-refractivity contribution in [3.05, 3.63) is 47.1 Å². The zero-order valence-corrected chi connectivity index (χ0v) is 12.8. The van der Waals surface area contributed by atoms with Gasteiger partial charge in [-0.15, -0.1) is 0 Å². The van der Waals surface area contributed by atoms with Crippen LogP contribution in [-0.2, 0) is 4.79 Å². The maximum absolute atomic E-state index is 11.4. The van der Waals surface area contributed by atoms with Crippen molar-refractivity contribution in [3.63, 3.8) is 0 Å². The molecule has 0 atom stereocenters. The molecule has 5 heteroatoms. The highest BCUT2D eigenvalue weighted by Gasteiger charge is 2.02. The van der Waals surface area contributed by atoms with Crippen LogP contribution in [-0.4, -0.2) is 10.9 Å². The number of amides is 1. The number of carbonyl (C=O) groups is 1. The van der Waals surface area contributed by atoms with E-state index < -0.39 is 0 Å². The highest BCUT2D eigenvalue weighted by molar-refractivity contribution is 9.10. The maximum Gasteiger partial charge on any atom is 0.225 e. The minimum atomic E-state index is -0.00591. The molecule has 0 saturated carbocycles. The van der Waals surface area contributed by atoms with Gasteiger partial charge in [-0.3, -0.25) is 4.79 Å². The Morgan fingerprint density at radius 1 is 1.15 bits per heavy atom. The highest BCUT2D eigenvalue weighted by atomic mass is 79.9. The average Bonchev–Trinajstić information content (AvgIpc) is 2.44. The van der Waals surface area contributed by atoms with Gasteiger partial charge in [0.15, 0.2) is 0 Å². The second-order valence-electron chi connectivity index (χ2n) is 4.36. The minimum absolute atomic E-state index is 0.00591. The Hall–Kier alpha value is -1.88. The molecule has 1 heterocycles. The predicted molar refractivity (Wildman–Crippen MR) is 85.2 cm³/mol.